The number of hydrogen-bond acceptors (Lipinski definition) is 2. The Balaban J connectivity index is 1.65. The number of nitrogens with one attached hydrogen (secondary N) is 1. The van der Waals surface area contributed by atoms with Crippen LogP contribution in [0.1, 0.15) is 51.0 Å². The van der Waals surface area contributed by atoms with Gasteiger partial charge in [-0.2, -0.15) is 0 Å². The van der Waals surface area contributed by atoms with Crippen LogP contribution < -0.4 is 11.1 Å². The first-order chi connectivity index (χ1) is 9.25. The molecule has 0 saturated heterocycles. The van der Waals surface area contributed by atoms with Gasteiger partial charge in [0.15, 0.2) is 0 Å². The summed E-state index contributed by atoms with van der Waals surface area (Å²) < 4.78 is 0. The van der Waals surface area contributed by atoms with E-state index in [0.717, 1.165) is 30.6 Å². The summed E-state index contributed by atoms with van der Waals surface area (Å²) in [4.78, 5) is 0. The third-order valence-electron chi connectivity index (χ3n) is 4.37. The van der Waals surface area contributed by atoms with Crippen molar-refractivity contribution in [2.45, 2.75) is 57.9 Å². The SMILES string of the molecule is CC1CCCC(NCCCc2ccccc2N)CC1. The second kappa shape index (κ2) is 7.54. The molecule has 0 aliphatic heterocycles. The highest BCUT2D eigenvalue weighted by Gasteiger charge is 2.15. The van der Waals surface area contributed by atoms with Crippen LogP contribution in [0.25, 0.3) is 0 Å². The summed E-state index contributed by atoms with van der Waals surface area (Å²) in [5.41, 5.74) is 8.19. The summed E-state index contributed by atoms with van der Waals surface area (Å²) in [5.74, 6) is 0.927. The first kappa shape index (κ1) is 14.4. The van der Waals surface area contributed by atoms with E-state index in [-0.39, 0.29) is 0 Å². The van der Waals surface area contributed by atoms with Gasteiger partial charge in [-0.25, -0.2) is 0 Å². The molecule has 1 aromatic rings. The number of nitrogen functional groups attached to an aromatic ring is 1. The van der Waals surface area contributed by atoms with Gasteiger partial charge < -0.3 is 11.1 Å². The Labute approximate surface area is 117 Å². The lowest BCUT2D eigenvalue weighted by Gasteiger charge is -2.16. The molecule has 2 nitrogen and oxygen atoms in total. The van der Waals surface area contributed by atoms with E-state index in [4.69, 9.17) is 5.73 Å². The lowest BCUT2D eigenvalue weighted by atomic mass is 10.0. The van der Waals surface area contributed by atoms with Crippen molar-refractivity contribution in [1.29, 1.82) is 0 Å². The summed E-state index contributed by atoms with van der Waals surface area (Å²) in [7, 11) is 0. The zero-order valence-electron chi connectivity index (χ0n) is 12.2. The fourth-order valence-electron chi connectivity index (χ4n) is 3.04. The molecule has 1 aromatic carbocycles. The third kappa shape index (κ3) is 4.87. The van der Waals surface area contributed by atoms with Crippen LogP contribution in [0.3, 0.4) is 0 Å². The van der Waals surface area contributed by atoms with Crippen LogP contribution in [0, 0.1) is 5.92 Å². The van der Waals surface area contributed by atoms with Crippen molar-refractivity contribution in [3.63, 3.8) is 0 Å². The summed E-state index contributed by atoms with van der Waals surface area (Å²) in [6, 6.07) is 8.96. The van der Waals surface area contributed by atoms with E-state index in [2.05, 4.69) is 24.4 Å². The summed E-state index contributed by atoms with van der Waals surface area (Å²) >= 11 is 0. The molecule has 0 amide bonds. The molecular formula is C17H28N2. The molecule has 0 aromatic heterocycles. The average molecular weight is 260 g/mol. The van der Waals surface area contributed by atoms with Crippen molar-refractivity contribution in [2.75, 3.05) is 12.3 Å². The number of aryl methyl sites for hydroxylation is 1. The summed E-state index contributed by atoms with van der Waals surface area (Å²) in [6.07, 6.45) is 9.18. The Bertz CT molecular complexity index is 375. The largest absolute Gasteiger partial charge is 0.399 e. The van der Waals surface area contributed by atoms with Crippen molar-refractivity contribution in [3.8, 4) is 0 Å². The third-order valence-corrected chi connectivity index (χ3v) is 4.37. The lowest BCUT2D eigenvalue weighted by molar-refractivity contribution is 0.445. The summed E-state index contributed by atoms with van der Waals surface area (Å²) in [5, 5.41) is 3.73. The zero-order valence-corrected chi connectivity index (χ0v) is 12.2. The van der Waals surface area contributed by atoms with Gasteiger partial charge in [-0.3, -0.25) is 0 Å². The van der Waals surface area contributed by atoms with E-state index < -0.39 is 0 Å². The minimum Gasteiger partial charge on any atom is -0.399 e. The molecule has 0 heterocycles. The highest BCUT2D eigenvalue weighted by Crippen LogP contribution is 2.22. The highest BCUT2D eigenvalue weighted by atomic mass is 14.9. The smallest absolute Gasteiger partial charge is 0.0346 e. The quantitative estimate of drug-likeness (QED) is 0.480. The van der Waals surface area contributed by atoms with Gasteiger partial charge in [0.1, 0.15) is 0 Å². The van der Waals surface area contributed by atoms with E-state index in [1.165, 1.54) is 44.1 Å². The van der Waals surface area contributed by atoms with Crippen LogP contribution >= 0.6 is 0 Å². The minimum atomic E-state index is 0.748. The molecule has 0 spiro atoms. The van der Waals surface area contributed by atoms with Crippen molar-refractivity contribution in [2.24, 2.45) is 5.92 Å². The monoisotopic (exact) mass is 260 g/mol. The van der Waals surface area contributed by atoms with Crippen LogP contribution in [0.15, 0.2) is 24.3 Å². The Hall–Kier alpha value is -1.02. The second-order valence-electron chi connectivity index (χ2n) is 6.07. The fourth-order valence-corrected chi connectivity index (χ4v) is 3.04. The van der Waals surface area contributed by atoms with Gasteiger partial charge in [0.2, 0.25) is 0 Å². The van der Waals surface area contributed by atoms with Gasteiger partial charge >= 0.3 is 0 Å². The molecule has 2 heteroatoms. The molecule has 3 N–H and O–H groups in total. The number of rotatable bonds is 5. The Morgan fingerprint density at radius 1 is 1.16 bits per heavy atom. The molecule has 0 radical (unpaired) electrons. The van der Waals surface area contributed by atoms with Crippen LogP contribution in [-0.4, -0.2) is 12.6 Å². The van der Waals surface area contributed by atoms with Gasteiger partial charge in [-0.15, -0.1) is 0 Å². The summed E-state index contributed by atoms with van der Waals surface area (Å²) in [6.45, 7) is 3.51. The van der Waals surface area contributed by atoms with E-state index >= 15 is 0 Å². The van der Waals surface area contributed by atoms with Gasteiger partial charge in [-0.1, -0.05) is 38.0 Å². The van der Waals surface area contributed by atoms with Crippen molar-refractivity contribution >= 4 is 5.69 Å². The molecule has 1 aliphatic rings. The van der Waals surface area contributed by atoms with Gasteiger partial charge in [-0.05, 0) is 56.2 Å². The number of para-hydroxylation sites is 1. The normalized spacial score (nSPS) is 24.1. The van der Waals surface area contributed by atoms with E-state index in [1.54, 1.807) is 0 Å². The molecule has 106 valence electrons. The maximum Gasteiger partial charge on any atom is 0.0346 e. The van der Waals surface area contributed by atoms with Crippen molar-refractivity contribution in [3.05, 3.63) is 29.8 Å². The lowest BCUT2D eigenvalue weighted by Crippen LogP contribution is -2.29. The Morgan fingerprint density at radius 3 is 2.84 bits per heavy atom. The zero-order chi connectivity index (χ0) is 13.5. The molecular weight excluding hydrogens is 232 g/mol. The standard InChI is InChI=1S/C17H28N2/c1-14-6-4-9-16(12-11-14)19-13-5-8-15-7-2-3-10-17(15)18/h2-3,7,10,14,16,19H,4-6,8-9,11-13,18H2,1H3. The number of nitrogens with two attached hydrogens (primary N) is 1. The topological polar surface area (TPSA) is 38.0 Å². The maximum atomic E-state index is 5.96. The molecule has 2 atom stereocenters. The molecule has 1 aliphatic carbocycles. The average Bonchev–Trinajstić information content (AvgIpc) is 2.61. The van der Waals surface area contributed by atoms with Crippen LogP contribution in [0.5, 0.6) is 0 Å². The first-order valence-corrected chi connectivity index (χ1v) is 7.82. The fraction of sp³-hybridized carbons (Fsp3) is 0.647. The van der Waals surface area contributed by atoms with Gasteiger partial charge in [0.25, 0.3) is 0 Å². The van der Waals surface area contributed by atoms with Crippen molar-refractivity contribution in [1.82, 2.24) is 5.32 Å². The van der Waals surface area contributed by atoms with Gasteiger partial charge in [0, 0.05) is 11.7 Å². The number of benzene rings is 1. The van der Waals surface area contributed by atoms with Crippen molar-refractivity contribution < 1.29 is 0 Å². The Morgan fingerprint density at radius 2 is 2.00 bits per heavy atom. The van der Waals surface area contributed by atoms with E-state index in [0.29, 0.717) is 0 Å². The minimum absolute atomic E-state index is 0.748. The molecule has 0 bridgehead atoms. The van der Waals surface area contributed by atoms with Crippen LogP contribution in [0.2, 0.25) is 0 Å². The molecule has 2 unspecified atom stereocenters. The van der Waals surface area contributed by atoms with E-state index in [9.17, 15) is 0 Å². The van der Waals surface area contributed by atoms with Crippen LogP contribution in [-0.2, 0) is 6.42 Å². The van der Waals surface area contributed by atoms with E-state index in [1.807, 2.05) is 12.1 Å². The second-order valence-corrected chi connectivity index (χ2v) is 6.07. The van der Waals surface area contributed by atoms with Gasteiger partial charge in [0.05, 0.1) is 0 Å². The Kier molecular flexibility index (Phi) is 5.71. The highest BCUT2D eigenvalue weighted by molar-refractivity contribution is 5.46. The molecule has 2 rings (SSSR count). The molecule has 19 heavy (non-hydrogen) atoms. The number of hydrogen-bond donors (Lipinski definition) is 2. The first-order valence-electron chi connectivity index (χ1n) is 7.82. The number of anilines is 1. The van der Waals surface area contributed by atoms with Crippen LogP contribution in [0.4, 0.5) is 5.69 Å². The predicted molar refractivity (Wildman–Crippen MR) is 83.2 cm³/mol. The maximum absolute atomic E-state index is 5.96. The molecule has 1 saturated carbocycles. The predicted octanol–water partition coefficient (Wildman–Crippen LogP) is 3.76. The molecule has 1 fully saturated rings.